The SMILES string of the molecule is NS(=O)(=O)c1ccc(NCC[SH]2C=CC=C2)c(N=O)c1. The van der Waals surface area contributed by atoms with Gasteiger partial charge >= 0.3 is 0 Å². The predicted octanol–water partition coefficient (Wildman–Crippen LogP) is 2.19. The van der Waals surface area contributed by atoms with Crippen LogP contribution in [0.25, 0.3) is 0 Å². The lowest BCUT2D eigenvalue weighted by Gasteiger charge is -2.12. The molecule has 0 saturated carbocycles. The van der Waals surface area contributed by atoms with Gasteiger partial charge in [0, 0.05) is 6.54 Å². The number of nitroso groups, excluding NO2 is 1. The number of allylic oxidation sites excluding steroid dienone is 2. The van der Waals surface area contributed by atoms with Crippen molar-refractivity contribution in [2.45, 2.75) is 4.90 Å². The number of hydrogen-bond acceptors (Lipinski definition) is 5. The standard InChI is InChI=1S/C12H15N3O3S2/c13-20(17,18)10-3-4-11(12(9-10)15-16)14-5-8-19-6-1-2-7-19/h1-4,6-7,9,14,19H,5,8H2,(H2,13,17,18). The second-order valence-electron chi connectivity index (χ2n) is 4.16. The monoisotopic (exact) mass is 313 g/mol. The van der Waals surface area contributed by atoms with Crippen LogP contribution in [0.1, 0.15) is 0 Å². The van der Waals surface area contributed by atoms with Gasteiger partial charge in [-0.3, -0.25) is 0 Å². The number of primary sulfonamides is 1. The number of sulfonamides is 1. The van der Waals surface area contributed by atoms with Crippen LogP contribution in [-0.2, 0) is 10.0 Å². The van der Waals surface area contributed by atoms with Gasteiger partial charge in [0.15, 0.2) is 0 Å². The third-order valence-electron chi connectivity index (χ3n) is 2.75. The van der Waals surface area contributed by atoms with Crippen LogP contribution in [0, 0.1) is 4.91 Å². The van der Waals surface area contributed by atoms with Gasteiger partial charge in [0.05, 0.1) is 10.6 Å². The van der Waals surface area contributed by atoms with Gasteiger partial charge in [0.2, 0.25) is 10.0 Å². The molecule has 0 radical (unpaired) electrons. The fourth-order valence-electron chi connectivity index (χ4n) is 1.75. The van der Waals surface area contributed by atoms with E-state index in [0.717, 1.165) is 5.75 Å². The Balaban J connectivity index is 2.05. The Morgan fingerprint density at radius 3 is 2.55 bits per heavy atom. The molecule has 1 aromatic carbocycles. The summed E-state index contributed by atoms with van der Waals surface area (Å²) in [5, 5.41) is 15.2. The van der Waals surface area contributed by atoms with Crippen molar-refractivity contribution in [3.05, 3.63) is 46.1 Å². The Kier molecular flexibility index (Phi) is 4.58. The van der Waals surface area contributed by atoms with Crippen LogP contribution in [0.2, 0.25) is 0 Å². The molecule has 0 atom stereocenters. The van der Waals surface area contributed by atoms with Crippen molar-refractivity contribution >= 4 is 32.3 Å². The highest BCUT2D eigenvalue weighted by Gasteiger charge is 2.12. The number of nitrogens with one attached hydrogen (secondary N) is 1. The smallest absolute Gasteiger partial charge is 0.238 e. The summed E-state index contributed by atoms with van der Waals surface area (Å²) in [7, 11) is -4.06. The van der Waals surface area contributed by atoms with Crippen molar-refractivity contribution in [1.29, 1.82) is 0 Å². The Hall–Kier alpha value is -1.64. The van der Waals surface area contributed by atoms with Crippen molar-refractivity contribution in [2.24, 2.45) is 10.3 Å². The fraction of sp³-hybridized carbons (Fsp3) is 0.167. The summed E-state index contributed by atoms with van der Waals surface area (Å²) in [6, 6.07) is 4.03. The van der Waals surface area contributed by atoms with E-state index >= 15 is 0 Å². The normalized spacial score (nSPS) is 15.6. The number of nitrogens with zero attached hydrogens (tertiary/aromatic N) is 1. The number of hydrogen-bond donors (Lipinski definition) is 3. The molecule has 0 bridgehead atoms. The average Bonchev–Trinajstić information content (AvgIpc) is 2.91. The van der Waals surface area contributed by atoms with E-state index in [1.165, 1.54) is 18.2 Å². The Labute approximate surface area is 120 Å². The molecule has 0 spiro atoms. The molecule has 3 N–H and O–H groups in total. The molecule has 0 saturated heterocycles. The Morgan fingerprint density at radius 2 is 1.95 bits per heavy atom. The maximum atomic E-state index is 11.2. The number of rotatable bonds is 6. The van der Waals surface area contributed by atoms with E-state index in [4.69, 9.17) is 5.14 Å². The van der Waals surface area contributed by atoms with Gasteiger partial charge in [-0.15, -0.1) is 4.91 Å². The van der Waals surface area contributed by atoms with E-state index < -0.39 is 10.0 Å². The highest BCUT2D eigenvalue weighted by molar-refractivity contribution is 8.22. The summed E-state index contributed by atoms with van der Waals surface area (Å²) in [6.07, 6.45) is 4.04. The first-order valence-electron chi connectivity index (χ1n) is 5.85. The minimum absolute atomic E-state index is 0.0433. The lowest BCUT2D eigenvalue weighted by molar-refractivity contribution is 0.598. The first-order chi connectivity index (χ1) is 9.50. The maximum absolute atomic E-state index is 11.2. The minimum atomic E-state index is -3.83. The molecule has 8 heteroatoms. The molecular weight excluding hydrogens is 298 g/mol. The lowest BCUT2D eigenvalue weighted by Crippen LogP contribution is -2.12. The van der Waals surface area contributed by atoms with Gasteiger partial charge in [-0.25, -0.2) is 24.5 Å². The van der Waals surface area contributed by atoms with E-state index in [1.54, 1.807) is 0 Å². The second-order valence-corrected chi connectivity index (χ2v) is 7.80. The van der Waals surface area contributed by atoms with Crippen LogP contribution < -0.4 is 10.5 Å². The van der Waals surface area contributed by atoms with Crippen LogP contribution in [0.4, 0.5) is 11.4 Å². The zero-order chi connectivity index (χ0) is 14.6. The number of anilines is 1. The second kappa shape index (κ2) is 6.21. The largest absolute Gasteiger partial charge is 0.382 e. The molecule has 2 rings (SSSR count). The van der Waals surface area contributed by atoms with Crippen molar-refractivity contribution < 1.29 is 8.42 Å². The maximum Gasteiger partial charge on any atom is 0.238 e. The summed E-state index contributed by atoms with van der Waals surface area (Å²) in [6.45, 7) is 0.678. The summed E-state index contributed by atoms with van der Waals surface area (Å²) >= 11 is 0. The average molecular weight is 313 g/mol. The van der Waals surface area contributed by atoms with Crippen LogP contribution in [0.5, 0.6) is 0 Å². The molecule has 20 heavy (non-hydrogen) atoms. The molecule has 0 fully saturated rings. The number of benzene rings is 1. The first-order valence-corrected chi connectivity index (χ1v) is 9.07. The van der Waals surface area contributed by atoms with Gasteiger partial charge in [0.25, 0.3) is 0 Å². The Morgan fingerprint density at radius 1 is 1.25 bits per heavy atom. The molecule has 0 amide bonds. The summed E-state index contributed by atoms with van der Waals surface area (Å²) in [5.41, 5.74) is 0.552. The number of nitrogens with two attached hydrogens (primary N) is 1. The quantitative estimate of drug-likeness (QED) is 0.553. The van der Waals surface area contributed by atoms with Crippen LogP contribution in [-0.4, -0.2) is 20.7 Å². The highest BCUT2D eigenvalue weighted by Crippen LogP contribution is 2.33. The summed E-state index contributed by atoms with van der Waals surface area (Å²) in [5.74, 6) is 0.942. The predicted molar refractivity (Wildman–Crippen MR) is 83.9 cm³/mol. The van der Waals surface area contributed by atoms with Crippen molar-refractivity contribution in [2.75, 3.05) is 17.6 Å². The van der Waals surface area contributed by atoms with Gasteiger partial charge < -0.3 is 5.32 Å². The molecule has 0 unspecified atom stereocenters. The molecule has 1 aliphatic rings. The zero-order valence-electron chi connectivity index (χ0n) is 10.6. The molecule has 6 nitrogen and oxygen atoms in total. The van der Waals surface area contributed by atoms with Crippen LogP contribution in [0.3, 0.4) is 0 Å². The molecule has 1 aliphatic heterocycles. The molecule has 0 aliphatic carbocycles. The topological polar surface area (TPSA) is 102 Å². The third-order valence-corrected chi connectivity index (χ3v) is 5.51. The van der Waals surface area contributed by atoms with Crippen molar-refractivity contribution in [1.82, 2.24) is 0 Å². The molecule has 1 heterocycles. The van der Waals surface area contributed by atoms with Crippen LogP contribution in [0.15, 0.2) is 51.2 Å². The van der Waals surface area contributed by atoms with E-state index in [9.17, 15) is 13.3 Å². The molecular formula is C12H15N3O3S2. The fourth-order valence-corrected chi connectivity index (χ4v) is 3.69. The van der Waals surface area contributed by atoms with Crippen molar-refractivity contribution in [3.8, 4) is 0 Å². The summed E-state index contributed by atoms with van der Waals surface area (Å²) in [4.78, 5) is 10.7. The van der Waals surface area contributed by atoms with E-state index in [2.05, 4.69) is 21.3 Å². The van der Waals surface area contributed by atoms with E-state index in [0.29, 0.717) is 12.2 Å². The zero-order valence-corrected chi connectivity index (χ0v) is 12.3. The lowest BCUT2D eigenvalue weighted by atomic mass is 10.2. The van der Waals surface area contributed by atoms with E-state index in [1.807, 2.05) is 12.2 Å². The van der Waals surface area contributed by atoms with Gasteiger partial charge in [-0.2, -0.15) is 0 Å². The van der Waals surface area contributed by atoms with Crippen LogP contribution >= 0.6 is 10.9 Å². The minimum Gasteiger partial charge on any atom is -0.382 e. The molecule has 0 aromatic heterocycles. The first kappa shape index (κ1) is 14.8. The third kappa shape index (κ3) is 3.69. The molecule has 1 aromatic rings. The van der Waals surface area contributed by atoms with Gasteiger partial charge in [0.1, 0.15) is 5.69 Å². The van der Waals surface area contributed by atoms with Gasteiger partial charge in [-0.05, 0) is 39.9 Å². The summed E-state index contributed by atoms with van der Waals surface area (Å²) < 4.78 is 22.4. The van der Waals surface area contributed by atoms with Crippen molar-refractivity contribution in [3.63, 3.8) is 0 Å². The highest BCUT2D eigenvalue weighted by atomic mass is 32.2. The Bertz CT molecular complexity index is 657. The molecule has 108 valence electrons. The number of thiol groups is 1. The van der Waals surface area contributed by atoms with E-state index in [-0.39, 0.29) is 21.5 Å². The van der Waals surface area contributed by atoms with Gasteiger partial charge in [-0.1, -0.05) is 12.2 Å².